The van der Waals surface area contributed by atoms with Crippen LogP contribution in [0.1, 0.15) is 0 Å². The molecule has 0 saturated heterocycles. The number of nitro benzene ring substituents is 1. The molecule has 0 saturated carbocycles. The maximum absolute atomic E-state index is 13.2. The van der Waals surface area contributed by atoms with Gasteiger partial charge in [0.05, 0.1) is 15.0 Å². The van der Waals surface area contributed by atoms with E-state index in [2.05, 4.69) is 5.32 Å². The van der Waals surface area contributed by atoms with E-state index in [1.807, 2.05) is 0 Å². The highest BCUT2D eigenvalue weighted by atomic mass is 35.5. The Morgan fingerprint density at radius 3 is 2.61 bits per heavy atom. The summed E-state index contributed by atoms with van der Waals surface area (Å²) in [6.45, 7) is -0.358. The number of hydrogen-bond donors (Lipinski definition) is 1. The topological polar surface area (TPSA) is 81.5 Å². The highest BCUT2D eigenvalue weighted by Crippen LogP contribution is 2.26. The van der Waals surface area contributed by atoms with Gasteiger partial charge in [0.25, 0.3) is 5.91 Å². The number of amides is 1. The Balaban J connectivity index is 1.98. The average Bonchev–Trinajstić information content (AvgIpc) is 2.50. The van der Waals surface area contributed by atoms with E-state index in [1.54, 1.807) is 0 Å². The zero-order valence-corrected chi connectivity index (χ0v) is 12.9. The fraction of sp³-hybridized carbons (Fsp3) is 0.0714. The van der Waals surface area contributed by atoms with Crippen molar-refractivity contribution in [3.63, 3.8) is 0 Å². The van der Waals surface area contributed by atoms with E-state index in [1.165, 1.54) is 24.3 Å². The van der Waals surface area contributed by atoms with Gasteiger partial charge in [-0.2, -0.15) is 4.39 Å². The van der Waals surface area contributed by atoms with Gasteiger partial charge in [-0.15, -0.1) is 0 Å². The number of rotatable bonds is 5. The molecule has 2 rings (SSSR count). The summed E-state index contributed by atoms with van der Waals surface area (Å²) in [6.07, 6.45) is 0. The minimum Gasteiger partial charge on any atom is -0.484 e. The van der Waals surface area contributed by atoms with E-state index < -0.39 is 22.3 Å². The maximum atomic E-state index is 13.2. The minimum absolute atomic E-state index is 0.0841. The molecule has 0 aliphatic carbocycles. The summed E-state index contributed by atoms with van der Waals surface area (Å²) < 4.78 is 18.4. The molecule has 0 heterocycles. The lowest BCUT2D eigenvalue weighted by Gasteiger charge is -2.08. The summed E-state index contributed by atoms with van der Waals surface area (Å²) in [5.74, 6) is -1.23. The number of benzene rings is 2. The van der Waals surface area contributed by atoms with Crippen molar-refractivity contribution in [3.05, 3.63) is 62.4 Å². The van der Waals surface area contributed by atoms with Crippen LogP contribution in [-0.4, -0.2) is 17.4 Å². The number of anilines is 1. The highest BCUT2D eigenvalue weighted by Gasteiger charge is 2.15. The van der Waals surface area contributed by atoms with Gasteiger partial charge in [0.15, 0.2) is 6.61 Å². The van der Waals surface area contributed by atoms with Gasteiger partial charge < -0.3 is 10.1 Å². The molecule has 1 amide bonds. The molecule has 0 fully saturated rings. The monoisotopic (exact) mass is 358 g/mol. The van der Waals surface area contributed by atoms with Crippen LogP contribution in [0.15, 0.2) is 36.4 Å². The zero-order chi connectivity index (χ0) is 17.0. The number of nitrogens with zero attached hydrogens (tertiary/aromatic N) is 1. The van der Waals surface area contributed by atoms with Crippen LogP contribution in [0.3, 0.4) is 0 Å². The number of halogens is 3. The van der Waals surface area contributed by atoms with Gasteiger partial charge in [-0.05, 0) is 24.3 Å². The van der Waals surface area contributed by atoms with E-state index >= 15 is 0 Å². The van der Waals surface area contributed by atoms with E-state index in [4.69, 9.17) is 27.9 Å². The third-order valence-electron chi connectivity index (χ3n) is 2.69. The van der Waals surface area contributed by atoms with Crippen LogP contribution in [0, 0.1) is 15.9 Å². The minimum atomic E-state index is -0.986. The maximum Gasteiger partial charge on any atom is 0.306 e. The second-order valence-corrected chi connectivity index (χ2v) is 5.15. The molecule has 2 aromatic rings. The van der Waals surface area contributed by atoms with Crippen molar-refractivity contribution in [1.29, 1.82) is 0 Å². The Hall–Kier alpha value is -2.38. The molecule has 23 heavy (non-hydrogen) atoms. The van der Waals surface area contributed by atoms with E-state index in [0.29, 0.717) is 10.8 Å². The van der Waals surface area contributed by atoms with Gasteiger partial charge >= 0.3 is 5.69 Å². The molecule has 0 unspecified atom stereocenters. The predicted molar refractivity (Wildman–Crippen MR) is 83.6 cm³/mol. The van der Waals surface area contributed by atoms with Crippen LogP contribution in [0.4, 0.5) is 15.8 Å². The SMILES string of the molecule is O=C(COc1ccc(Cl)c(Cl)c1)Nc1ccc(F)c([N+](=O)[O-])c1. The first-order valence-electron chi connectivity index (χ1n) is 6.18. The molecule has 9 heteroatoms. The zero-order valence-electron chi connectivity index (χ0n) is 11.4. The Morgan fingerprint density at radius 1 is 1.22 bits per heavy atom. The van der Waals surface area contributed by atoms with Gasteiger partial charge in [-0.1, -0.05) is 23.2 Å². The lowest BCUT2D eigenvalue weighted by molar-refractivity contribution is -0.387. The predicted octanol–water partition coefficient (Wildman–Crippen LogP) is 4.06. The molecular formula is C14H9Cl2FN2O4. The molecule has 0 aromatic heterocycles. The molecule has 0 aliphatic rings. The van der Waals surface area contributed by atoms with Crippen molar-refractivity contribution in [2.75, 3.05) is 11.9 Å². The summed E-state index contributed by atoms with van der Waals surface area (Å²) in [7, 11) is 0. The van der Waals surface area contributed by atoms with E-state index in [0.717, 1.165) is 12.1 Å². The van der Waals surface area contributed by atoms with Crippen LogP contribution < -0.4 is 10.1 Å². The van der Waals surface area contributed by atoms with Crippen LogP contribution in [-0.2, 0) is 4.79 Å². The normalized spacial score (nSPS) is 10.2. The summed E-state index contributed by atoms with van der Waals surface area (Å²) in [5, 5.41) is 13.6. The number of ether oxygens (including phenoxy) is 1. The van der Waals surface area contributed by atoms with Crippen molar-refractivity contribution in [3.8, 4) is 5.75 Å². The fourth-order valence-corrected chi connectivity index (χ4v) is 1.93. The number of nitro groups is 1. The van der Waals surface area contributed by atoms with Gasteiger partial charge in [0, 0.05) is 17.8 Å². The van der Waals surface area contributed by atoms with Crippen molar-refractivity contribution >= 4 is 40.5 Å². The van der Waals surface area contributed by atoms with Crippen molar-refractivity contribution < 1.29 is 18.8 Å². The summed E-state index contributed by atoms with van der Waals surface area (Å²) in [4.78, 5) is 21.5. The molecule has 2 aromatic carbocycles. The Kier molecular flexibility index (Phi) is 5.36. The Bertz CT molecular complexity index is 770. The lowest BCUT2D eigenvalue weighted by Crippen LogP contribution is -2.20. The van der Waals surface area contributed by atoms with Crippen molar-refractivity contribution in [2.45, 2.75) is 0 Å². The van der Waals surface area contributed by atoms with Crippen LogP contribution in [0.2, 0.25) is 10.0 Å². The quantitative estimate of drug-likeness (QED) is 0.645. The molecule has 0 atom stereocenters. The first kappa shape index (κ1) is 17.0. The second kappa shape index (κ2) is 7.26. The Morgan fingerprint density at radius 2 is 1.96 bits per heavy atom. The number of carbonyl (C=O) groups is 1. The first-order chi connectivity index (χ1) is 10.9. The van der Waals surface area contributed by atoms with Gasteiger partial charge in [0.1, 0.15) is 5.75 Å². The van der Waals surface area contributed by atoms with Crippen LogP contribution in [0.5, 0.6) is 5.75 Å². The third kappa shape index (κ3) is 4.54. The molecule has 0 aliphatic heterocycles. The fourth-order valence-electron chi connectivity index (χ4n) is 1.64. The summed E-state index contributed by atoms with van der Waals surface area (Å²) in [6, 6.07) is 7.52. The van der Waals surface area contributed by atoms with E-state index in [9.17, 15) is 19.3 Å². The smallest absolute Gasteiger partial charge is 0.306 e. The first-order valence-corrected chi connectivity index (χ1v) is 6.94. The van der Waals surface area contributed by atoms with E-state index in [-0.39, 0.29) is 17.3 Å². The Labute approximate surface area is 139 Å². The molecule has 120 valence electrons. The highest BCUT2D eigenvalue weighted by molar-refractivity contribution is 6.42. The standard InChI is InChI=1S/C14H9Cl2FN2O4/c15-10-3-2-9(6-11(10)16)23-7-14(20)18-8-1-4-12(17)13(5-8)19(21)22/h1-6H,7H2,(H,18,20). The number of hydrogen-bond acceptors (Lipinski definition) is 4. The molecule has 0 bridgehead atoms. The lowest BCUT2D eigenvalue weighted by atomic mass is 10.2. The van der Waals surface area contributed by atoms with Gasteiger partial charge in [-0.3, -0.25) is 14.9 Å². The number of carbonyl (C=O) groups excluding carboxylic acids is 1. The molecule has 6 nitrogen and oxygen atoms in total. The van der Waals surface area contributed by atoms with Crippen LogP contribution >= 0.6 is 23.2 Å². The molecule has 1 N–H and O–H groups in total. The number of nitrogens with one attached hydrogen (secondary N) is 1. The molecular weight excluding hydrogens is 350 g/mol. The molecule has 0 spiro atoms. The molecule has 0 radical (unpaired) electrons. The van der Waals surface area contributed by atoms with Crippen molar-refractivity contribution in [1.82, 2.24) is 0 Å². The largest absolute Gasteiger partial charge is 0.484 e. The second-order valence-electron chi connectivity index (χ2n) is 4.34. The van der Waals surface area contributed by atoms with Crippen LogP contribution in [0.25, 0.3) is 0 Å². The van der Waals surface area contributed by atoms with Gasteiger partial charge in [0.2, 0.25) is 5.82 Å². The summed E-state index contributed by atoms with van der Waals surface area (Å²) in [5.41, 5.74) is -0.644. The summed E-state index contributed by atoms with van der Waals surface area (Å²) >= 11 is 11.6. The van der Waals surface area contributed by atoms with Gasteiger partial charge in [-0.25, -0.2) is 0 Å². The average molecular weight is 359 g/mol. The van der Waals surface area contributed by atoms with Crippen molar-refractivity contribution in [2.24, 2.45) is 0 Å². The third-order valence-corrected chi connectivity index (χ3v) is 3.43.